The van der Waals surface area contributed by atoms with Crippen LogP contribution >= 0.6 is 11.6 Å². The van der Waals surface area contributed by atoms with E-state index in [1.165, 1.54) is 6.07 Å². The minimum atomic E-state index is -2.40. The van der Waals surface area contributed by atoms with Crippen LogP contribution in [-0.2, 0) is 4.79 Å². The number of alkyl halides is 1. The summed E-state index contributed by atoms with van der Waals surface area (Å²) in [6.45, 7) is -0.477. The van der Waals surface area contributed by atoms with E-state index in [4.69, 9.17) is 21.2 Å². The number of likely N-dealkylation sites (tertiary alicyclic amines) is 1. The number of halogens is 2. The Balaban J connectivity index is 1.77. The molecular formula is C15H12ClFN2O4. The van der Waals surface area contributed by atoms with Crippen molar-refractivity contribution in [3.63, 3.8) is 0 Å². The molecule has 8 heteroatoms. The quantitative estimate of drug-likeness (QED) is 0.930. The van der Waals surface area contributed by atoms with E-state index in [1.807, 2.05) is 0 Å². The first-order valence-electron chi connectivity index (χ1n) is 6.83. The summed E-state index contributed by atoms with van der Waals surface area (Å²) in [5, 5.41) is 13.1. The molecule has 0 saturated carbocycles. The Kier molecular flexibility index (Phi) is 3.81. The third-order valence-electron chi connectivity index (χ3n) is 3.75. The Hall–Kier alpha value is -2.41. The molecule has 2 heterocycles. The lowest BCUT2D eigenvalue weighted by molar-refractivity contribution is -0.149. The van der Waals surface area contributed by atoms with E-state index in [9.17, 15) is 14.0 Å². The third kappa shape index (κ3) is 2.92. The van der Waals surface area contributed by atoms with Crippen LogP contribution in [0.5, 0.6) is 0 Å². The number of hydrogen-bond donors (Lipinski definition) is 1. The van der Waals surface area contributed by atoms with Gasteiger partial charge in [-0.1, -0.05) is 16.8 Å². The number of amides is 1. The summed E-state index contributed by atoms with van der Waals surface area (Å²) in [7, 11) is 0. The average molecular weight is 339 g/mol. The normalized spacial score (nSPS) is 20.7. The molecule has 1 atom stereocenters. The molecule has 1 aromatic heterocycles. The lowest BCUT2D eigenvalue weighted by Crippen LogP contribution is -2.39. The third-order valence-corrected chi connectivity index (χ3v) is 4.00. The predicted octanol–water partition coefficient (Wildman–Crippen LogP) is 2.63. The van der Waals surface area contributed by atoms with Crippen molar-refractivity contribution in [2.24, 2.45) is 0 Å². The SMILES string of the molecule is O=C(c1cc(-c2ccc(Cl)cc2)on1)N1CCC(F)(C(=O)O)C1. The highest BCUT2D eigenvalue weighted by molar-refractivity contribution is 6.30. The zero-order chi connectivity index (χ0) is 16.6. The van der Waals surface area contributed by atoms with Crippen LogP contribution in [-0.4, -0.2) is 45.8 Å². The van der Waals surface area contributed by atoms with E-state index < -0.39 is 24.1 Å². The molecule has 3 rings (SSSR count). The number of aromatic nitrogens is 1. The second kappa shape index (κ2) is 5.66. The largest absolute Gasteiger partial charge is 0.479 e. The molecule has 1 aromatic carbocycles. The van der Waals surface area contributed by atoms with Gasteiger partial charge < -0.3 is 14.5 Å². The molecule has 0 aliphatic carbocycles. The maximum atomic E-state index is 14.0. The average Bonchev–Trinajstić information content (AvgIpc) is 3.15. The van der Waals surface area contributed by atoms with E-state index in [0.29, 0.717) is 16.3 Å². The summed E-state index contributed by atoms with van der Waals surface area (Å²) in [5.74, 6) is -1.75. The monoisotopic (exact) mass is 338 g/mol. The van der Waals surface area contributed by atoms with Crippen molar-refractivity contribution in [2.45, 2.75) is 12.1 Å². The van der Waals surface area contributed by atoms with E-state index >= 15 is 0 Å². The summed E-state index contributed by atoms with van der Waals surface area (Å²) in [6.07, 6.45) is -0.240. The van der Waals surface area contributed by atoms with Crippen molar-refractivity contribution in [2.75, 3.05) is 13.1 Å². The molecule has 1 aliphatic heterocycles. The zero-order valence-corrected chi connectivity index (χ0v) is 12.6. The highest BCUT2D eigenvalue weighted by atomic mass is 35.5. The van der Waals surface area contributed by atoms with E-state index in [0.717, 1.165) is 4.90 Å². The number of aliphatic carboxylic acids is 1. The van der Waals surface area contributed by atoms with Gasteiger partial charge in [0.25, 0.3) is 5.91 Å². The Labute approximate surface area is 135 Å². The predicted molar refractivity (Wildman–Crippen MR) is 78.9 cm³/mol. The molecule has 120 valence electrons. The smallest absolute Gasteiger partial charge is 0.343 e. The topological polar surface area (TPSA) is 83.6 Å². The molecule has 23 heavy (non-hydrogen) atoms. The van der Waals surface area contributed by atoms with Crippen LogP contribution in [0, 0.1) is 0 Å². The number of benzene rings is 1. The summed E-state index contributed by atoms with van der Waals surface area (Å²) < 4.78 is 19.1. The molecule has 1 unspecified atom stereocenters. The molecule has 6 nitrogen and oxygen atoms in total. The summed E-state index contributed by atoms with van der Waals surface area (Å²) >= 11 is 5.80. The van der Waals surface area contributed by atoms with Gasteiger partial charge in [0.05, 0.1) is 6.54 Å². The van der Waals surface area contributed by atoms with Gasteiger partial charge in [0.1, 0.15) is 0 Å². The first kappa shape index (κ1) is 15.5. The highest BCUT2D eigenvalue weighted by Gasteiger charge is 2.47. The van der Waals surface area contributed by atoms with Crippen molar-refractivity contribution in [3.8, 4) is 11.3 Å². The lowest BCUT2D eigenvalue weighted by atomic mass is 10.1. The first-order chi connectivity index (χ1) is 10.9. The molecule has 0 spiro atoms. The van der Waals surface area contributed by atoms with Crippen LogP contribution in [0.1, 0.15) is 16.9 Å². The Bertz CT molecular complexity index is 761. The van der Waals surface area contributed by atoms with Crippen molar-refractivity contribution in [1.29, 1.82) is 0 Å². The molecular weight excluding hydrogens is 327 g/mol. The molecule has 1 fully saturated rings. The molecule has 1 aliphatic rings. The van der Waals surface area contributed by atoms with Crippen molar-refractivity contribution in [1.82, 2.24) is 10.1 Å². The zero-order valence-electron chi connectivity index (χ0n) is 11.8. The van der Waals surface area contributed by atoms with Crippen LogP contribution in [0.3, 0.4) is 0 Å². The van der Waals surface area contributed by atoms with Gasteiger partial charge in [0, 0.05) is 29.6 Å². The maximum Gasteiger partial charge on any atom is 0.343 e. The number of carboxylic acid groups (broad SMARTS) is 1. The number of rotatable bonds is 3. The molecule has 1 amide bonds. The summed E-state index contributed by atoms with van der Waals surface area (Å²) in [5.41, 5.74) is -1.71. The molecule has 0 bridgehead atoms. The van der Waals surface area contributed by atoms with Crippen LogP contribution in [0.15, 0.2) is 34.9 Å². The van der Waals surface area contributed by atoms with Gasteiger partial charge in [0.15, 0.2) is 11.5 Å². The van der Waals surface area contributed by atoms with Gasteiger partial charge in [-0.25, -0.2) is 9.18 Å². The molecule has 0 radical (unpaired) electrons. The molecule has 2 aromatic rings. The van der Waals surface area contributed by atoms with Crippen LogP contribution in [0.2, 0.25) is 5.02 Å². The first-order valence-corrected chi connectivity index (χ1v) is 7.21. The second-order valence-electron chi connectivity index (χ2n) is 5.33. The molecule has 1 saturated heterocycles. The van der Waals surface area contributed by atoms with Gasteiger partial charge in [-0.3, -0.25) is 4.79 Å². The molecule has 1 N–H and O–H groups in total. The Morgan fingerprint density at radius 1 is 1.35 bits per heavy atom. The number of hydrogen-bond acceptors (Lipinski definition) is 4. The van der Waals surface area contributed by atoms with Gasteiger partial charge in [-0.05, 0) is 24.3 Å². The van der Waals surface area contributed by atoms with E-state index in [1.54, 1.807) is 24.3 Å². The van der Waals surface area contributed by atoms with Crippen LogP contribution in [0.4, 0.5) is 4.39 Å². The number of carbonyl (C=O) groups excluding carboxylic acids is 1. The number of nitrogens with zero attached hydrogens (tertiary/aromatic N) is 2. The van der Waals surface area contributed by atoms with Gasteiger partial charge in [0.2, 0.25) is 5.67 Å². The minimum absolute atomic E-state index is 0.00425. The van der Waals surface area contributed by atoms with E-state index in [-0.39, 0.29) is 18.7 Å². The van der Waals surface area contributed by atoms with Crippen molar-refractivity contribution < 1.29 is 23.6 Å². The maximum absolute atomic E-state index is 14.0. The van der Waals surface area contributed by atoms with Crippen molar-refractivity contribution in [3.05, 3.63) is 41.0 Å². The highest BCUT2D eigenvalue weighted by Crippen LogP contribution is 2.28. The number of carboxylic acids is 1. The summed E-state index contributed by atoms with van der Waals surface area (Å²) in [4.78, 5) is 24.3. The van der Waals surface area contributed by atoms with Gasteiger partial charge in [-0.2, -0.15) is 0 Å². The van der Waals surface area contributed by atoms with Crippen LogP contribution in [0.25, 0.3) is 11.3 Å². The Morgan fingerprint density at radius 2 is 2.04 bits per heavy atom. The van der Waals surface area contributed by atoms with Crippen molar-refractivity contribution >= 4 is 23.5 Å². The Morgan fingerprint density at radius 3 is 2.65 bits per heavy atom. The fourth-order valence-electron chi connectivity index (χ4n) is 2.41. The second-order valence-corrected chi connectivity index (χ2v) is 5.77. The van der Waals surface area contributed by atoms with Crippen LogP contribution < -0.4 is 0 Å². The number of carbonyl (C=O) groups is 2. The lowest BCUT2D eigenvalue weighted by Gasteiger charge is -2.16. The minimum Gasteiger partial charge on any atom is -0.479 e. The van der Waals surface area contributed by atoms with Gasteiger partial charge in [-0.15, -0.1) is 0 Å². The fraction of sp³-hybridized carbons (Fsp3) is 0.267. The van der Waals surface area contributed by atoms with Gasteiger partial charge >= 0.3 is 5.97 Å². The van der Waals surface area contributed by atoms with E-state index in [2.05, 4.69) is 5.16 Å². The summed E-state index contributed by atoms with van der Waals surface area (Å²) in [6, 6.07) is 8.20. The fourth-order valence-corrected chi connectivity index (χ4v) is 2.53. The standard InChI is InChI=1S/C15H12ClFN2O4/c16-10-3-1-9(2-4-10)12-7-11(18-23-12)13(20)19-6-5-15(17,8-19)14(21)22/h1-4,7H,5-6,8H2,(H,21,22).